The van der Waals surface area contributed by atoms with E-state index < -0.39 is 0 Å². The van der Waals surface area contributed by atoms with E-state index in [9.17, 15) is 0 Å². The highest BCUT2D eigenvalue weighted by Crippen LogP contribution is 2.38. The van der Waals surface area contributed by atoms with Crippen LogP contribution in [0.3, 0.4) is 0 Å². The van der Waals surface area contributed by atoms with E-state index >= 15 is 0 Å². The summed E-state index contributed by atoms with van der Waals surface area (Å²) in [5.41, 5.74) is 1.51. The molecule has 0 radical (unpaired) electrons. The Morgan fingerprint density at radius 2 is 1.81 bits per heavy atom. The first kappa shape index (κ1) is 21.7. The fraction of sp³-hybridized carbons (Fsp3) is 0.364. The molecule has 2 aliphatic heterocycles. The Hall–Kier alpha value is -2.17. The smallest absolute Gasteiger partial charge is 0.164 e. The molecule has 2 aromatic carbocycles. The van der Waals surface area contributed by atoms with Gasteiger partial charge in [-0.2, -0.15) is 0 Å². The molecular formula is C22H21BrClN3O5. The SMILES string of the molecule is COc1cc2c(Nc3ccc(Br)c(Cl)c3)ncnc2cc1O[C@@H]1CO[C@@H]2[C@H]1OC[C@@H]2OC. The van der Waals surface area contributed by atoms with Crippen LogP contribution in [0, 0.1) is 0 Å². The Kier molecular flexibility index (Phi) is 6.09. The maximum atomic E-state index is 6.27. The lowest BCUT2D eigenvalue weighted by atomic mass is 10.1. The molecule has 0 unspecified atom stereocenters. The van der Waals surface area contributed by atoms with Crippen LogP contribution in [-0.2, 0) is 14.2 Å². The highest BCUT2D eigenvalue weighted by molar-refractivity contribution is 9.10. The van der Waals surface area contributed by atoms with Crippen molar-refractivity contribution in [2.24, 2.45) is 0 Å². The predicted octanol–water partition coefficient (Wildman–Crippen LogP) is 4.36. The molecule has 2 fully saturated rings. The molecule has 0 spiro atoms. The number of nitrogens with zero attached hydrogens (tertiary/aromatic N) is 2. The molecule has 0 amide bonds. The molecule has 32 heavy (non-hydrogen) atoms. The predicted molar refractivity (Wildman–Crippen MR) is 123 cm³/mol. The van der Waals surface area contributed by atoms with Crippen LogP contribution >= 0.6 is 27.5 Å². The maximum absolute atomic E-state index is 6.27. The van der Waals surface area contributed by atoms with Gasteiger partial charge in [0.2, 0.25) is 0 Å². The zero-order valence-corrected chi connectivity index (χ0v) is 19.7. The molecule has 2 aliphatic rings. The average Bonchev–Trinajstić information content (AvgIpc) is 3.39. The summed E-state index contributed by atoms with van der Waals surface area (Å²) in [4.78, 5) is 8.81. The third kappa shape index (κ3) is 3.99. The molecule has 3 aromatic rings. The molecular weight excluding hydrogens is 502 g/mol. The van der Waals surface area contributed by atoms with Gasteiger partial charge in [0.1, 0.15) is 30.5 Å². The van der Waals surface area contributed by atoms with Crippen molar-refractivity contribution in [3.05, 3.63) is 46.2 Å². The summed E-state index contributed by atoms with van der Waals surface area (Å²) in [7, 11) is 3.26. The molecule has 2 saturated heterocycles. The minimum absolute atomic E-state index is 0.0828. The lowest BCUT2D eigenvalue weighted by molar-refractivity contribution is -0.0140. The van der Waals surface area contributed by atoms with Crippen LogP contribution < -0.4 is 14.8 Å². The fourth-order valence-electron chi connectivity index (χ4n) is 4.02. The van der Waals surface area contributed by atoms with Gasteiger partial charge in [-0.15, -0.1) is 0 Å². The van der Waals surface area contributed by atoms with Crippen molar-refractivity contribution in [1.29, 1.82) is 0 Å². The van der Waals surface area contributed by atoms with E-state index in [2.05, 4.69) is 31.2 Å². The van der Waals surface area contributed by atoms with Crippen LogP contribution in [0.1, 0.15) is 0 Å². The fourth-order valence-corrected chi connectivity index (χ4v) is 4.45. The normalized spacial score (nSPS) is 24.5. The number of rotatable bonds is 6. The molecule has 0 saturated carbocycles. The summed E-state index contributed by atoms with van der Waals surface area (Å²) in [6.07, 6.45) is 0.827. The quantitative estimate of drug-likeness (QED) is 0.511. The summed E-state index contributed by atoms with van der Waals surface area (Å²) in [6, 6.07) is 9.29. The van der Waals surface area contributed by atoms with Crippen molar-refractivity contribution in [1.82, 2.24) is 9.97 Å². The monoisotopic (exact) mass is 521 g/mol. The van der Waals surface area contributed by atoms with Crippen LogP contribution in [0.2, 0.25) is 5.02 Å². The highest BCUT2D eigenvalue weighted by Gasteiger charge is 2.49. The molecule has 3 heterocycles. The second-order valence-corrected chi connectivity index (χ2v) is 8.78. The van der Waals surface area contributed by atoms with E-state index in [1.807, 2.05) is 30.3 Å². The van der Waals surface area contributed by atoms with E-state index in [4.69, 9.17) is 35.3 Å². The Morgan fingerprint density at radius 1 is 1.03 bits per heavy atom. The Labute approximate surface area is 198 Å². The van der Waals surface area contributed by atoms with Gasteiger partial charge in [-0.3, -0.25) is 0 Å². The number of anilines is 2. The van der Waals surface area contributed by atoms with E-state index in [-0.39, 0.29) is 24.4 Å². The number of methoxy groups -OCH3 is 2. The van der Waals surface area contributed by atoms with Crippen LogP contribution in [0.4, 0.5) is 11.5 Å². The molecule has 1 aromatic heterocycles. The largest absolute Gasteiger partial charge is 0.493 e. The molecule has 168 valence electrons. The number of benzene rings is 2. The number of aromatic nitrogens is 2. The minimum Gasteiger partial charge on any atom is -0.493 e. The van der Waals surface area contributed by atoms with Crippen molar-refractivity contribution >= 4 is 49.9 Å². The molecule has 8 nitrogen and oxygen atoms in total. The van der Waals surface area contributed by atoms with Gasteiger partial charge in [0, 0.05) is 28.7 Å². The highest BCUT2D eigenvalue weighted by atomic mass is 79.9. The first-order valence-electron chi connectivity index (χ1n) is 10.0. The van der Waals surface area contributed by atoms with E-state index in [1.165, 1.54) is 6.33 Å². The first-order valence-corrected chi connectivity index (χ1v) is 11.2. The summed E-state index contributed by atoms with van der Waals surface area (Å²) in [6.45, 7) is 0.903. The molecule has 0 aliphatic carbocycles. The summed E-state index contributed by atoms with van der Waals surface area (Å²) >= 11 is 9.62. The molecule has 10 heteroatoms. The minimum atomic E-state index is -0.268. The van der Waals surface area contributed by atoms with Crippen LogP contribution in [0.5, 0.6) is 11.5 Å². The number of halogens is 2. The Morgan fingerprint density at radius 3 is 2.56 bits per heavy atom. The second kappa shape index (κ2) is 8.99. The van der Waals surface area contributed by atoms with E-state index in [0.29, 0.717) is 41.1 Å². The van der Waals surface area contributed by atoms with E-state index in [0.717, 1.165) is 15.5 Å². The van der Waals surface area contributed by atoms with Gasteiger partial charge in [0.15, 0.2) is 17.6 Å². The number of hydrogen-bond donors (Lipinski definition) is 1. The number of fused-ring (bicyclic) bond motifs is 2. The van der Waals surface area contributed by atoms with Gasteiger partial charge in [0.05, 0.1) is 30.9 Å². The lowest BCUT2D eigenvalue weighted by Gasteiger charge is -2.20. The van der Waals surface area contributed by atoms with Gasteiger partial charge in [-0.05, 0) is 40.2 Å². The first-order chi connectivity index (χ1) is 15.6. The van der Waals surface area contributed by atoms with Crippen molar-refractivity contribution in [3.8, 4) is 11.5 Å². The average molecular weight is 523 g/mol. The van der Waals surface area contributed by atoms with Crippen LogP contribution in [0.25, 0.3) is 10.9 Å². The summed E-state index contributed by atoms with van der Waals surface area (Å²) in [5.74, 6) is 1.76. The Balaban J connectivity index is 1.43. The molecule has 1 N–H and O–H groups in total. The third-order valence-corrected chi connectivity index (χ3v) is 6.88. The number of ether oxygens (including phenoxy) is 5. The van der Waals surface area contributed by atoms with Gasteiger partial charge in [0.25, 0.3) is 0 Å². The molecule has 5 rings (SSSR count). The van der Waals surface area contributed by atoms with Crippen LogP contribution in [0.15, 0.2) is 41.1 Å². The third-order valence-electron chi connectivity index (χ3n) is 5.65. The summed E-state index contributed by atoms with van der Waals surface area (Å²) < 4.78 is 29.9. The standard InChI is InChI=1S/C22H21BrClN3O5/c1-28-16-6-12-15(25-10-26-22(12)27-11-3-4-13(23)14(24)5-11)7-17(16)32-19-9-31-20-18(29-2)8-30-21(19)20/h3-7,10,18-21H,8-9H2,1-2H3,(H,25,26,27)/t18-,19+,20-,21-/m0/s1. The lowest BCUT2D eigenvalue weighted by Crippen LogP contribution is -2.35. The van der Waals surface area contributed by atoms with Crippen molar-refractivity contribution in [3.63, 3.8) is 0 Å². The maximum Gasteiger partial charge on any atom is 0.164 e. The van der Waals surface area contributed by atoms with Crippen molar-refractivity contribution < 1.29 is 23.7 Å². The second-order valence-electron chi connectivity index (χ2n) is 7.52. The zero-order valence-electron chi connectivity index (χ0n) is 17.4. The Bertz CT molecular complexity index is 1150. The molecule has 0 bridgehead atoms. The van der Waals surface area contributed by atoms with Gasteiger partial charge < -0.3 is 29.0 Å². The number of hydrogen-bond acceptors (Lipinski definition) is 8. The summed E-state index contributed by atoms with van der Waals surface area (Å²) in [5, 5.41) is 4.68. The topological polar surface area (TPSA) is 84.0 Å². The van der Waals surface area contributed by atoms with Gasteiger partial charge in [-0.1, -0.05) is 11.6 Å². The van der Waals surface area contributed by atoms with Crippen molar-refractivity contribution in [2.75, 3.05) is 32.8 Å². The number of nitrogens with one attached hydrogen (secondary N) is 1. The van der Waals surface area contributed by atoms with Gasteiger partial charge >= 0.3 is 0 Å². The molecule has 4 atom stereocenters. The van der Waals surface area contributed by atoms with Crippen LogP contribution in [-0.4, -0.2) is 61.8 Å². The zero-order chi connectivity index (χ0) is 22.2. The van der Waals surface area contributed by atoms with Crippen molar-refractivity contribution in [2.45, 2.75) is 24.4 Å². The van der Waals surface area contributed by atoms with E-state index in [1.54, 1.807) is 14.2 Å². The van der Waals surface area contributed by atoms with Gasteiger partial charge in [-0.25, -0.2) is 9.97 Å².